The van der Waals surface area contributed by atoms with Crippen molar-refractivity contribution in [3.8, 4) is 0 Å². The van der Waals surface area contributed by atoms with E-state index in [-0.39, 0.29) is 4.90 Å². The van der Waals surface area contributed by atoms with Crippen molar-refractivity contribution in [3.63, 3.8) is 0 Å². The fourth-order valence-electron chi connectivity index (χ4n) is 1.40. The summed E-state index contributed by atoms with van der Waals surface area (Å²) in [6, 6.07) is 5.68. The predicted octanol–water partition coefficient (Wildman–Crippen LogP) is 1.13. The Morgan fingerprint density at radius 1 is 1.19 bits per heavy atom. The van der Waals surface area contributed by atoms with Crippen LogP contribution >= 0.6 is 0 Å². The van der Waals surface area contributed by atoms with Gasteiger partial charge >= 0.3 is 0 Å². The smallest absolute Gasteiger partial charge is 0.264 e. The number of sulfonamides is 1. The van der Waals surface area contributed by atoms with Crippen molar-refractivity contribution >= 4 is 22.0 Å². The van der Waals surface area contributed by atoms with Crippen LogP contribution in [0.15, 0.2) is 53.8 Å². The van der Waals surface area contributed by atoms with Crippen molar-refractivity contribution < 1.29 is 17.6 Å². The summed E-state index contributed by atoms with van der Waals surface area (Å²) >= 11 is 0. The van der Waals surface area contributed by atoms with Gasteiger partial charge in [0.05, 0.1) is 10.6 Å². The van der Waals surface area contributed by atoms with Gasteiger partial charge in [0.25, 0.3) is 15.9 Å². The van der Waals surface area contributed by atoms with Crippen LogP contribution in [-0.2, 0) is 14.8 Å². The second kappa shape index (κ2) is 6.23. The van der Waals surface area contributed by atoms with Gasteiger partial charge in [0, 0.05) is 12.3 Å². The normalized spacial score (nSPS) is 11.5. The highest BCUT2D eigenvalue weighted by molar-refractivity contribution is 7.90. The van der Waals surface area contributed by atoms with Gasteiger partial charge in [-0.15, -0.1) is 0 Å². The predicted molar refractivity (Wildman–Crippen MR) is 72.8 cm³/mol. The van der Waals surface area contributed by atoms with Crippen LogP contribution in [-0.4, -0.2) is 24.3 Å². The van der Waals surface area contributed by atoms with E-state index in [0.29, 0.717) is 5.69 Å². The fourth-order valence-corrected chi connectivity index (χ4v) is 2.34. The minimum atomic E-state index is -4.03. The van der Waals surface area contributed by atoms with E-state index < -0.39 is 21.7 Å². The van der Waals surface area contributed by atoms with E-state index in [0.717, 1.165) is 30.3 Å². The highest BCUT2D eigenvalue weighted by atomic mass is 32.2. The number of rotatable bonds is 4. The van der Waals surface area contributed by atoms with Crippen LogP contribution in [0.1, 0.15) is 5.69 Å². The van der Waals surface area contributed by atoms with Gasteiger partial charge in [-0.2, -0.15) is 0 Å². The second-order valence-corrected chi connectivity index (χ2v) is 5.57. The molecule has 0 saturated carbocycles. The van der Waals surface area contributed by atoms with E-state index in [4.69, 9.17) is 0 Å². The zero-order valence-electron chi connectivity index (χ0n) is 10.6. The number of carbonyl (C=O) groups is 1. The highest BCUT2D eigenvalue weighted by Crippen LogP contribution is 2.09. The average Bonchev–Trinajstić information content (AvgIpc) is 2.46. The van der Waals surface area contributed by atoms with Crippen molar-refractivity contribution in [3.05, 3.63) is 60.4 Å². The summed E-state index contributed by atoms with van der Waals surface area (Å²) in [5.41, 5.74) is 0.458. The zero-order valence-corrected chi connectivity index (χ0v) is 11.4. The molecule has 1 aromatic carbocycles. The third kappa shape index (κ3) is 4.18. The number of nitrogens with zero attached hydrogens (tertiary/aromatic N) is 2. The van der Waals surface area contributed by atoms with Crippen LogP contribution in [0, 0.1) is 5.82 Å². The molecule has 0 radical (unpaired) electrons. The quantitative estimate of drug-likeness (QED) is 0.855. The summed E-state index contributed by atoms with van der Waals surface area (Å²) in [5.74, 6) is -1.40. The van der Waals surface area contributed by atoms with Crippen molar-refractivity contribution in [1.82, 2.24) is 14.7 Å². The van der Waals surface area contributed by atoms with E-state index >= 15 is 0 Å². The van der Waals surface area contributed by atoms with Crippen LogP contribution in [0.2, 0.25) is 0 Å². The standard InChI is InChI=1S/C13H10FN3O3S/c14-10-1-4-12(5-2-10)21(19,20)17-13(18)6-3-11-7-8-15-9-16-11/h1-9H,(H,17,18). The molecule has 21 heavy (non-hydrogen) atoms. The molecule has 1 heterocycles. The summed E-state index contributed by atoms with van der Waals surface area (Å²) in [7, 11) is -4.03. The van der Waals surface area contributed by atoms with Crippen molar-refractivity contribution in [2.24, 2.45) is 0 Å². The minimum Gasteiger partial charge on any atom is -0.269 e. The van der Waals surface area contributed by atoms with Crippen LogP contribution in [0.3, 0.4) is 0 Å². The van der Waals surface area contributed by atoms with Crippen molar-refractivity contribution in [2.45, 2.75) is 4.90 Å². The summed E-state index contributed by atoms with van der Waals surface area (Å²) in [6.45, 7) is 0. The summed E-state index contributed by atoms with van der Waals surface area (Å²) in [4.78, 5) is 18.9. The summed E-state index contributed by atoms with van der Waals surface area (Å²) in [6.07, 6.45) is 5.16. The van der Waals surface area contributed by atoms with E-state index in [2.05, 4.69) is 9.97 Å². The monoisotopic (exact) mass is 307 g/mol. The Bertz CT molecular complexity index is 759. The topological polar surface area (TPSA) is 89.0 Å². The molecule has 0 fully saturated rings. The number of amides is 1. The van der Waals surface area contributed by atoms with Gasteiger partial charge < -0.3 is 0 Å². The van der Waals surface area contributed by atoms with Gasteiger partial charge in [0.1, 0.15) is 12.1 Å². The lowest BCUT2D eigenvalue weighted by Crippen LogP contribution is -2.28. The van der Waals surface area contributed by atoms with Crippen LogP contribution in [0.4, 0.5) is 4.39 Å². The maximum atomic E-state index is 12.7. The molecular formula is C13H10FN3O3S. The molecule has 2 aromatic rings. The van der Waals surface area contributed by atoms with Gasteiger partial charge in [-0.25, -0.2) is 27.5 Å². The molecule has 1 amide bonds. The average molecular weight is 307 g/mol. The third-order valence-electron chi connectivity index (χ3n) is 2.37. The van der Waals surface area contributed by atoms with Crippen LogP contribution in [0.5, 0.6) is 0 Å². The maximum absolute atomic E-state index is 12.7. The first-order chi connectivity index (χ1) is 9.97. The van der Waals surface area contributed by atoms with Gasteiger partial charge in [-0.1, -0.05) is 0 Å². The Hall–Kier alpha value is -2.61. The highest BCUT2D eigenvalue weighted by Gasteiger charge is 2.15. The number of hydrogen-bond donors (Lipinski definition) is 1. The number of carbonyl (C=O) groups excluding carboxylic acids is 1. The molecule has 0 aliphatic carbocycles. The summed E-state index contributed by atoms with van der Waals surface area (Å²) < 4.78 is 38.3. The Kier molecular flexibility index (Phi) is 4.39. The number of aromatic nitrogens is 2. The minimum absolute atomic E-state index is 0.201. The van der Waals surface area contributed by atoms with E-state index in [9.17, 15) is 17.6 Å². The number of benzene rings is 1. The maximum Gasteiger partial charge on any atom is 0.264 e. The first kappa shape index (κ1) is 14.8. The van der Waals surface area contributed by atoms with Crippen molar-refractivity contribution in [1.29, 1.82) is 0 Å². The SMILES string of the molecule is O=C(C=Cc1ccncn1)NS(=O)(=O)c1ccc(F)cc1. The number of hydrogen-bond acceptors (Lipinski definition) is 5. The van der Waals surface area contributed by atoms with E-state index in [1.807, 2.05) is 4.72 Å². The Balaban J connectivity index is 2.08. The molecule has 108 valence electrons. The molecule has 1 N–H and O–H groups in total. The Morgan fingerprint density at radius 3 is 2.52 bits per heavy atom. The molecule has 1 aromatic heterocycles. The molecule has 8 heteroatoms. The van der Waals surface area contributed by atoms with Gasteiger partial charge in [0.2, 0.25) is 0 Å². The molecule has 0 saturated heterocycles. The lowest BCUT2D eigenvalue weighted by atomic mass is 10.3. The summed E-state index contributed by atoms with van der Waals surface area (Å²) in [5, 5.41) is 0. The first-order valence-electron chi connectivity index (χ1n) is 5.74. The molecular weight excluding hydrogens is 297 g/mol. The zero-order chi connectivity index (χ0) is 15.3. The van der Waals surface area contributed by atoms with Crippen LogP contribution < -0.4 is 4.72 Å². The number of halogens is 1. The molecule has 0 atom stereocenters. The van der Waals surface area contributed by atoms with Gasteiger partial charge in [0.15, 0.2) is 0 Å². The molecule has 0 unspecified atom stereocenters. The molecule has 0 bridgehead atoms. The Labute approximate surface area is 120 Å². The fraction of sp³-hybridized carbons (Fsp3) is 0. The van der Waals surface area contributed by atoms with E-state index in [1.165, 1.54) is 18.6 Å². The third-order valence-corrected chi connectivity index (χ3v) is 3.73. The largest absolute Gasteiger partial charge is 0.269 e. The Morgan fingerprint density at radius 2 is 1.90 bits per heavy atom. The molecule has 0 spiro atoms. The van der Waals surface area contributed by atoms with Crippen LogP contribution in [0.25, 0.3) is 6.08 Å². The second-order valence-electron chi connectivity index (χ2n) is 3.89. The number of nitrogens with one attached hydrogen (secondary N) is 1. The van der Waals surface area contributed by atoms with E-state index in [1.54, 1.807) is 6.07 Å². The lowest BCUT2D eigenvalue weighted by Gasteiger charge is -2.04. The molecule has 2 rings (SSSR count). The molecule has 0 aliphatic heterocycles. The van der Waals surface area contributed by atoms with Crippen molar-refractivity contribution in [2.75, 3.05) is 0 Å². The first-order valence-corrected chi connectivity index (χ1v) is 7.22. The lowest BCUT2D eigenvalue weighted by molar-refractivity contribution is -0.114. The van der Waals surface area contributed by atoms with Gasteiger partial charge in [-0.05, 0) is 36.4 Å². The molecule has 6 nitrogen and oxygen atoms in total. The molecule has 0 aliphatic rings. The van der Waals surface area contributed by atoms with Gasteiger partial charge in [-0.3, -0.25) is 4.79 Å².